The molecule has 1 fully saturated rings. The Balaban J connectivity index is 2.04. The zero-order valence-electron chi connectivity index (χ0n) is 11.9. The molecule has 0 bridgehead atoms. The van der Waals surface area contributed by atoms with Crippen LogP contribution in [0.4, 0.5) is 5.69 Å². The van der Waals surface area contributed by atoms with Gasteiger partial charge in [-0.25, -0.2) is 0 Å². The maximum absolute atomic E-state index is 10.5. The Kier molecular flexibility index (Phi) is 3.02. The number of hydrogen-bond donors (Lipinski definition) is 1. The number of rotatable bonds is 1. The molecule has 0 spiro atoms. The van der Waals surface area contributed by atoms with Crippen molar-refractivity contribution in [3.63, 3.8) is 0 Å². The van der Waals surface area contributed by atoms with Crippen molar-refractivity contribution in [1.29, 1.82) is 0 Å². The van der Waals surface area contributed by atoms with Gasteiger partial charge in [0.05, 0.1) is 36.2 Å². The molecule has 0 radical (unpaired) electrons. The second-order valence-corrected chi connectivity index (χ2v) is 6.28. The number of morpholine rings is 1. The number of pyridine rings is 1. The van der Waals surface area contributed by atoms with Gasteiger partial charge >= 0.3 is 0 Å². The highest BCUT2D eigenvalue weighted by atomic mass is 16.5. The zero-order valence-corrected chi connectivity index (χ0v) is 11.9. The smallest absolute Gasteiger partial charge is 0.0674 e. The quantitative estimate of drug-likeness (QED) is 0.834. The Hall–Kier alpha value is -1.13. The number of aliphatic hydroxyl groups is 1. The van der Waals surface area contributed by atoms with Crippen LogP contribution in [0.3, 0.4) is 0 Å². The van der Waals surface area contributed by atoms with E-state index in [0.717, 1.165) is 25.3 Å². The van der Waals surface area contributed by atoms with Gasteiger partial charge in [0.1, 0.15) is 0 Å². The second-order valence-electron chi connectivity index (χ2n) is 6.28. The molecule has 4 nitrogen and oxygen atoms in total. The first-order valence-corrected chi connectivity index (χ1v) is 6.99. The summed E-state index contributed by atoms with van der Waals surface area (Å²) in [6.45, 7) is 8.19. The van der Waals surface area contributed by atoms with E-state index in [4.69, 9.17) is 4.74 Å². The Morgan fingerprint density at radius 1 is 1.47 bits per heavy atom. The maximum Gasteiger partial charge on any atom is 0.0674 e. The first-order valence-electron chi connectivity index (χ1n) is 6.99. The number of fused-ring (bicyclic) bond motifs is 3. The van der Waals surface area contributed by atoms with Crippen molar-refractivity contribution in [2.24, 2.45) is 5.92 Å². The predicted octanol–water partition coefficient (Wildman–Crippen LogP) is 1.54. The lowest BCUT2D eigenvalue weighted by molar-refractivity contribution is -0.0275. The van der Waals surface area contributed by atoms with E-state index >= 15 is 0 Å². The number of hydrogen-bond acceptors (Lipinski definition) is 4. The lowest BCUT2D eigenvalue weighted by atomic mass is 9.77. The molecular weight excluding hydrogens is 240 g/mol. The standard InChI is InChI=1S/C15H22N2O2/c1-10-6-13-12(16-8-10)7-11(15(2,3)18)14-9-19-5-4-17(13)14/h6,8,11,14,18H,4-5,7,9H2,1-3H3. The van der Waals surface area contributed by atoms with Gasteiger partial charge in [0.25, 0.3) is 0 Å². The third kappa shape index (κ3) is 2.23. The molecular formula is C15H22N2O2. The van der Waals surface area contributed by atoms with Gasteiger partial charge in [-0.15, -0.1) is 0 Å². The van der Waals surface area contributed by atoms with Crippen LogP contribution in [0.2, 0.25) is 0 Å². The predicted molar refractivity (Wildman–Crippen MR) is 74.4 cm³/mol. The van der Waals surface area contributed by atoms with Crippen molar-refractivity contribution in [2.75, 3.05) is 24.7 Å². The summed E-state index contributed by atoms with van der Waals surface area (Å²) in [6, 6.07) is 2.46. The van der Waals surface area contributed by atoms with Crippen LogP contribution in [0.15, 0.2) is 12.3 Å². The number of ether oxygens (including phenoxy) is 1. The first kappa shape index (κ1) is 12.9. The van der Waals surface area contributed by atoms with Crippen LogP contribution in [0.5, 0.6) is 0 Å². The van der Waals surface area contributed by atoms with E-state index in [1.54, 1.807) is 0 Å². The van der Waals surface area contributed by atoms with Gasteiger partial charge in [-0.1, -0.05) is 0 Å². The SMILES string of the molecule is Cc1cnc2c(c1)N1CCOCC1C(C(C)(C)O)C2. The minimum atomic E-state index is -0.714. The summed E-state index contributed by atoms with van der Waals surface area (Å²) in [7, 11) is 0. The van der Waals surface area contributed by atoms with Crippen LogP contribution >= 0.6 is 0 Å². The highest BCUT2D eigenvalue weighted by Crippen LogP contribution is 2.39. The molecule has 0 saturated carbocycles. The van der Waals surface area contributed by atoms with Crippen LogP contribution in [-0.4, -0.2) is 41.5 Å². The minimum absolute atomic E-state index is 0.163. The maximum atomic E-state index is 10.5. The van der Waals surface area contributed by atoms with Crippen LogP contribution in [0, 0.1) is 12.8 Å². The van der Waals surface area contributed by atoms with Crippen LogP contribution < -0.4 is 4.90 Å². The highest BCUT2D eigenvalue weighted by molar-refractivity contribution is 5.56. The molecule has 2 aliphatic rings. The van der Waals surface area contributed by atoms with Crippen molar-refractivity contribution in [3.05, 3.63) is 23.5 Å². The molecule has 0 aromatic carbocycles. The Bertz CT molecular complexity index is 482. The van der Waals surface area contributed by atoms with Crippen molar-refractivity contribution >= 4 is 5.69 Å². The molecule has 19 heavy (non-hydrogen) atoms. The molecule has 4 heteroatoms. The molecule has 2 atom stereocenters. The van der Waals surface area contributed by atoms with Crippen molar-refractivity contribution in [2.45, 2.75) is 38.8 Å². The van der Waals surface area contributed by atoms with Gasteiger partial charge in [0, 0.05) is 18.7 Å². The van der Waals surface area contributed by atoms with E-state index in [1.165, 1.54) is 11.3 Å². The normalized spacial score (nSPS) is 26.8. The molecule has 1 aromatic rings. The molecule has 3 heterocycles. The molecule has 1 aromatic heterocycles. The van der Waals surface area contributed by atoms with E-state index < -0.39 is 5.60 Å². The number of aryl methyl sites for hydroxylation is 1. The molecule has 104 valence electrons. The third-order valence-corrected chi connectivity index (χ3v) is 4.34. The van der Waals surface area contributed by atoms with Crippen LogP contribution in [-0.2, 0) is 11.2 Å². The molecule has 1 N–H and O–H groups in total. The van der Waals surface area contributed by atoms with E-state index in [1.807, 2.05) is 20.0 Å². The number of nitrogens with zero attached hydrogens (tertiary/aromatic N) is 2. The number of aromatic nitrogens is 1. The summed E-state index contributed by atoms with van der Waals surface area (Å²) in [5, 5.41) is 10.5. The van der Waals surface area contributed by atoms with Gasteiger partial charge in [-0.3, -0.25) is 4.98 Å². The first-order chi connectivity index (χ1) is 8.97. The van der Waals surface area contributed by atoms with E-state index in [-0.39, 0.29) is 12.0 Å². The zero-order chi connectivity index (χ0) is 13.6. The van der Waals surface area contributed by atoms with Gasteiger partial charge in [-0.2, -0.15) is 0 Å². The topological polar surface area (TPSA) is 45.6 Å². The second kappa shape index (κ2) is 4.46. The fourth-order valence-corrected chi connectivity index (χ4v) is 3.31. The van der Waals surface area contributed by atoms with Gasteiger partial charge in [-0.05, 0) is 38.8 Å². The largest absolute Gasteiger partial charge is 0.390 e. The minimum Gasteiger partial charge on any atom is -0.390 e. The summed E-state index contributed by atoms with van der Waals surface area (Å²) in [6.07, 6.45) is 2.74. The third-order valence-electron chi connectivity index (χ3n) is 4.34. The average Bonchev–Trinajstić information content (AvgIpc) is 2.37. The number of anilines is 1. The lowest BCUT2D eigenvalue weighted by Crippen LogP contribution is -2.58. The fraction of sp³-hybridized carbons (Fsp3) is 0.667. The van der Waals surface area contributed by atoms with Crippen molar-refractivity contribution in [3.8, 4) is 0 Å². The van der Waals surface area contributed by atoms with Crippen LogP contribution in [0.1, 0.15) is 25.1 Å². The molecule has 3 rings (SSSR count). The summed E-state index contributed by atoms with van der Waals surface area (Å²) in [5.74, 6) is 0.163. The van der Waals surface area contributed by atoms with Gasteiger partial charge in [0.2, 0.25) is 0 Å². The molecule has 1 saturated heterocycles. The monoisotopic (exact) mass is 262 g/mol. The van der Waals surface area contributed by atoms with Gasteiger partial charge in [0.15, 0.2) is 0 Å². The van der Waals surface area contributed by atoms with Crippen LogP contribution in [0.25, 0.3) is 0 Å². The van der Waals surface area contributed by atoms with E-state index in [0.29, 0.717) is 6.61 Å². The summed E-state index contributed by atoms with van der Waals surface area (Å²) in [4.78, 5) is 6.96. The van der Waals surface area contributed by atoms with E-state index in [9.17, 15) is 5.11 Å². The Labute approximate surface area is 114 Å². The molecule has 0 amide bonds. The molecule has 2 aliphatic heterocycles. The fourth-order valence-electron chi connectivity index (χ4n) is 3.31. The highest BCUT2D eigenvalue weighted by Gasteiger charge is 2.43. The lowest BCUT2D eigenvalue weighted by Gasteiger charge is -2.49. The van der Waals surface area contributed by atoms with Crippen molar-refractivity contribution in [1.82, 2.24) is 4.98 Å². The summed E-state index contributed by atoms with van der Waals surface area (Å²) >= 11 is 0. The van der Waals surface area contributed by atoms with Gasteiger partial charge < -0.3 is 14.7 Å². The summed E-state index contributed by atoms with van der Waals surface area (Å²) < 4.78 is 5.64. The summed E-state index contributed by atoms with van der Waals surface area (Å²) in [5.41, 5.74) is 2.81. The Morgan fingerprint density at radius 3 is 3.00 bits per heavy atom. The molecule has 0 aliphatic carbocycles. The van der Waals surface area contributed by atoms with Crippen molar-refractivity contribution < 1.29 is 9.84 Å². The Morgan fingerprint density at radius 2 is 2.26 bits per heavy atom. The van der Waals surface area contributed by atoms with E-state index in [2.05, 4.69) is 22.9 Å². The average molecular weight is 262 g/mol. The molecule has 2 unspecified atom stereocenters.